The lowest BCUT2D eigenvalue weighted by Crippen LogP contribution is -2.34. The Bertz CT molecular complexity index is 584. The SMILES string of the molecule is CNCc1nnc(N2CCCC(c3ccc(Cl)cc3)C2)o1. The molecule has 3 rings (SSSR count). The van der Waals surface area contributed by atoms with Crippen LogP contribution in [0.4, 0.5) is 6.01 Å². The van der Waals surface area contributed by atoms with Crippen molar-refractivity contribution in [2.75, 3.05) is 25.0 Å². The molecule has 6 heteroatoms. The zero-order valence-corrected chi connectivity index (χ0v) is 12.8. The van der Waals surface area contributed by atoms with Crippen molar-refractivity contribution in [3.63, 3.8) is 0 Å². The van der Waals surface area contributed by atoms with Crippen molar-refractivity contribution in [2.24, 2.45) is 0 Å². The van der Waals surface area contributed by atoms with E-state index in [-0.39, 0.29) is 0 Å². The summed E-state index contributed by atoms with van der Waals surface area (Å²) < 4.78 is 5.69. The Morgan fingerprint density at radius 2 is 2.14 bits per heavy atom. The first kappa shape index (κ1) is 14.4. The zero-order chi connectivity index (χ0) is 14.7. The molecule has 0 spiro atoms. The van der Waals surface area contributed by atoms with E-state index in [2.05, 4.69) is 32.5 Å². The summed E-state index contributed by atoms with van der Waals surface area (Å²) in [5.41, 5.74) is 1.32. The summed E-state index contributed by atoms with van der Waals surface area (Å²) in [6.07, 6.45) is 2.30. The van der Waals surface area contributed by atoms with Crippen LogP contribution in [0.15, 0.2) is 28.7 Å². The van der Waals surface area contributed by atoms with E-state index < -0.39 is 0 Å². The predicted octanol–water partition coefficient (Wildman–Crippen LogP) is 2.83. The van der Waals surface area contributed by atoms with Gasteiger partial charge in [0.05, 0.1) is 6.54 Å². The van der Waals surface area contributed by atoms with Crippen molar-refractivity contribution in [3.8, 4) is 0 Å². The highest BCUT2D eigenvalue weighted by Crippen LogP contribution is 2.30. The quantitative estimate of drug-likeness (QED) is 0.941. The van der Waals surface area contributed by atoms with Gasteiger partial charge in [0.2, 0.25) is 5.89 Å². The second-order valence-electron chi connectivity index (χ2n) is 5.35. The van der Waals surface area contributed by atoms with Gasteiger partial charge in [-0.05, 0) is 37.6 Å². The summed E-state index contributed by atoms with van der Waals surface area (Å²) in [4.78, 5) is 2.18. The lowest BCUT2D eigenvalue weighted by Gasteiger charge is -2.31. The summed E-state index contributed by atoms with van der Waals surface area (Å²) in [6, 6.07) is 8.74. The smallest absolute Gasteiger partial charge is 0.318 e. The largest absolute Gasteiger partial charge is 0.407 e. The maximum absolute atomic E-state index is 5.96. The first-order valence-corrected chi connectivity index (χ1v) is 7.61. The second kappa shape index (κ2) is 6.45. The van der Waals surface area contributed by atoms with Crippen molar-refractivity contribution in [2.45, 2.75) is 25.3 Å². The standard InChI is InChI=1S/C15H19ClN4O/c1-17-9-14-18-19-15(21-14)20-8-2-3-12(10-20)11-4-6-13(16)7-5-11/h4-7,12,17H,2-3,8-10H2,1H3. The summed E-state index contributed by atoms with van der Waals surface area (Å²) in [5.74, 6) is 1.11. The molecule has 21 heavy (non-hydrogen) atoms. The fourth-order valence-corrected chi connectivity index (χ4v) is 2.88. The number of nitrogens with one attached hydrogen (secondary N) is 1. The highest BCUT2D eigenvalue weighted by molar-refractivity contribution is 6.30. The number of aromatic nitrogens is 2. The van der Waals surface area contributed by atoms with Crippen molar-refractivity contribution in [1.82, 2.24) is 15.5 Å². The summed E-state index contributed by atoms with van der Waals surface area (Å²) >= 11 is 5.96. The van der Waals surface area contributed by atoms with Crippen LogP contribution in [0, 0.1) is 0 Å². The molecule has 0 amide bonds. The number of halogens is 1. The third-order valence-electron chi connectivity index (χ3n) is 3.82. The molecular formula is C15H19ClN4O. The van der Waals surface area contributed by atoms with Gasteiger partial charge in [0, 0.05) is 24.0 Å². The summed E-state index contributed by atoms with van der Waals surface area (Å²) in [5, 5.41) is 12.0. The maximum Gasteiger partial charge on any atom is 0.318 e. The lowest BCUT2D eigenvalue weighted by atomic mass is 9.91. The maximum atomic E-state index is 5.96. The van der Waals surface area contributed by atoms with E-state index in [1.165, 1.54) is 12.0 Å². The number of hydrogen-bond donors (Lipinski definition) is 1. The first-order valence-electron chi connectivity index (χ1n) is 7.23. The molecule has 0 bridgehead atoms. The molecule has 1 aromatic carbocycles. The normalized spacial score (nSPS) is 19.0. The fraction of sp³-hybridized carbons (Fsp3) is 0.467. The van der Waals surface area contributed by atoms with Crippen molar-refractivity contribution in [1.29, 1.82) is 0 Å². The van der Waals surface area contributed by atoms with Gasteiger partial charge in [-0.2, -0.15) is 0 Å². The van der Waals surface area contributed by atoms with E-state index in [1.54, 1.807) is 0 Å². The molecule has 1 atom stereocenters. The van der Waals surface area contributed by atoms with Gasteiger partial charge in [0.1, 0.15) is 0 Å². The first-order chi connectivity index (χ1) is 10.3. The number of piperidine rings is 1. The predicted molar refractivity (Wildman–Crippen MR) is 82.7 cm³/mol. The lowest BCUT2D eigenvalue weighted by molar-refractivity contribution is 0.435. The molecule has 0 aliphatic carbocycles. The van der Waals surface area contributed by atoms with E-state index in [0.29, 0.717) is 24.4 Å². The zero-order valence-electron chi connectivity index (χ0n) is 12.1. The van der Waals surface area contributed by atoms with Crippen LogP contribution < -0.4 is 10.2 Å². The second-order valence-corrected chi connectivity index (χ2v) is 5.78. The molecule has 1 aliphatic rings. The van der Waals surface area contributed by atoms with E-state index in [4.69, 9.17) is 16.0 Å². The molecule has 1 N–H and O–H groups in total. The van der Waals surface area contributed by atoms with Gasteiger partial charge in [-0.3, -0.25) is 0 Å². The Kier molecular flexibility index (Phi) is 4.41. The Hall–Kier alpha value is -1.59. The topological polar surface area (TPSA) is 54.2 Å². The van der Waals surface area contributed by atoms with Crippen LogP contribution in [0.3, 0.4) is 0 Å². The average molecular weight is 307 g/mol. The Morgan fingerprint density at radius 1 is 1.33 bits per heavy atom. The van der Waals surface area contributed by atoms with Crippen LogP contribution in [-0.2, 0) is 6.54 Å². The molecule has 2 heterocycles. The average Bonchev–Trinajstić information content (AvgIpc) is 2.97. The Labute approximate surface area is 129 Å². The van der Waals surface area contributed by atoms with Crippen molar-refractivity contribution >= 4 is 17.6 Å². The number of nitrogens with zero attached hydrogens (tertiary/aromatic N) is 3. The third-order valence-corrected chi connectivity index (χ3v) is 4.07. The third kappa shape index (κ3) is 3.36. The molecular weight excluding hydrogens is 288 g/mol. The highest BCUT2D eigenvalue weighted by atomic mass is 35.5. The fourth-order valence-electron chi connectivity index (χ4n) is 2.75. The van der Waals surface area contributed by atoms with E-state index in [9.17, 15) is 0 Å². The molecule has 5 nitrogen and oxygen atoms in total. The minimum Gasteiger partial charge on any atom is -0.407 e. The van der Waals surface area contributed by atoms with Gasteiger partial charge in [-0.1, -0.05) is 28.8 Å². The van der Waals surface area contributed by atoms with Gasteiger partial charge >= 0.3 is 6.01 Å². The molecule has 112 valence electrons. The van der Waals surface area contributed by atoms with Crippen LogP contribution in [0.1, 0.15) is 30.2 Å². The monoisotopic (exact) mass is 306 g/mol. The van der Waals surface area contributed by atoms with Crippen LogP contribution in [0.5, 0.6) is 0 Å². The van der Waals surface area contributed by atoms with Gasteiger partial charge < -0.3 is 14.6 Å². The number of anilines is 1. The number of hydrogen-bond acceptors (Lipinski definition) is 5. The van der Waals surface area contributed by atoms with E-state index in [0.717, 1.165) is 24.5 Å². The molecule has 1 saturated heterocycles. The van der Waals surface area contributed by atoms with Gasteiger partial charge in [0.15, 0.2) is 0 Å². The molecule has 1 unspecified atom stereocenters. The van der Waals surface area contributed by atoms with Gasteiger partial charge in [-0.25, -0.2) is 0 Å². The molecule has 2 aromatic rings. The van der Waals surface area contributed by atoms with Crippen LogP contribution in [0.2, 0.25) is 5.02 Å². The summed E-state index contributed by atoms with van der Waals surface area (Å²) in [6.45, 7) is 2.47. The van der Waals surface area contributed by atoms with Crippen LogP contribution in [0.25, 0.3) is 0 Å². The van der Waals surface area contributed by atoms with Crippen molar-refractivity contribution in [3.05, 3.63) is 40.7 Å². The van der Waals surface area contributed by atoms with Gasteiger partial charge in [0.25, 0.3) is 0 Å². The highest BCUT2D eigenvalue weighted by Gasteiger charge is 2.24. The molecule has 1 fully saturated rings. The molecule has 0 saturated carbocycles. The molecule has 1 aromatic heterocycles. The molecule has 1 aliphatic heterocycles. The Morgan fingerprint density at radius 3 is 2.90 bits per heavy atom. The molecule has 0 radical (unpaired) electrons. The van der Waals surface area contributed by atoms with Gasteiger partial charge in [-0.15, -0.1) is 5.10 Å². The summed E-state index contributed by atoms with van der Waals surface area (Å²) in [7, 11) is 1.86. The van der Waals surface area contributed by atoms with Crippen molar-refractivity contribution < 1.29 is 4.42 Å². The van der Waals surface area contributed by atoms with E-state index >= 15 is 0 Å². The Balaban J connectivity index is 1.71. The number of rotatable bonds is 4. The van der Waals surface area contributed by atoms with E-state index in [1.807, 2.05) is 19.2 Å². The van der Waals surface area contributed by atoms with Crippen LogP contribution >= 0.6 is 11.6 Å². The number of benzene rings is 1. The minimum atomic E-state index is 0.482. The minimum absolute atomic E-state index is 0.482. The van der Waals surface area contributed by atoms with Crippen LogP contribution in [-0.4, -0.2) is 30.3 Å².